The van der Waals surface area contributed by atoms with Gasteiger partial charge in [-0.25, -0.2) is 4.98 Å². The zero-order valence-electron chi connectivity index (χ0n) is 7.59. The Morgan fingerprint density at radius 1 is 1.47 bits per heavy atom. The molecule has 0 aliphatic heterocycles. The number of amides is 1. The van der Waals surface area contributed by atoms with Gasteiger partial charge in [0, 0.05) is 0 Å². The predicted octanol–water partition coefficient (Wildman–Crippen LogP) is -0.101. The summed E-state index contributed by atoms with van der Waals surface area (Å²) in [5.41, 5.74) is 5.38. The Morgan fingerprint density at radius 2 is 2.20 bits per heavy atom. The van der Waals surface area contributed by atoms with Crippen LogP contribution in [0.3, 0.4) is 0 Å². The van der Waals surface area contributed by atoms with Crippen molar-refractivity contribution in [3.63, 3.8) is 0 Å². The smallest absolute Gasteiger partial charge is 0.318 e. The molecular formula is C7H6N4O3S. The van der Waals surface area contributed by atoms with Gasteiger partial charge >= 0.3 is 6.01 Å². The van der Waals surface area contributed by atoms with Crippen molar-refractivity contribution in [1.29, 1.82) is 0 Å². The van der Waals surface area contributed by atoms with Gasteiger partial charge in [0.1, 0.15) is 0 Å². The molecule has 3 N–H and O–H groups in total. The molecule has 2 heterocycles. The lowest BCUT2D eigenvalue weighted by Gasteiger charge is -1.97. The summed E-state index contributed by atoms with van der Waals surface area (Å²) < 4.78 is 4.88. The van der Waals surface area contributed by atoms with E-state index in [9.17, 15) is 4.79 Å². The second-order valence-electron chi connectivity index (χ2n) is 2.57. The van der Waals surface area contributed by atoms with Crippen LogP contribution in [0.2, 0.25) is 0 Å². The van der Waals surface area contributed by atoms with E-state index in [-0.39, 0.29) is 10.9 Å². The largest absolute Gasteiger partial charge is 0.479 e. The SMILES string of the molecule is COc1nc(O)nc2sc(C(N)=O)nc12. The number of carbonyl (C=O) groups is 1. The van der Waals surface area contributed by atoms with E-state index in [0.717, 1.165) is 11.3 Å². The van der Waals surface area contributed by atoms with Crippen molar-refractivity contribution in [2.45, 2.75) is 0 Å². The number of rotatable bonds is 2. The first-order chi connectivity index (χ1) is 7.11. The maximum absolute atomic E-state index is 10.9. The summed E-state index contributed by atoms with van der Waals surface area (Å²) in [4.78, 5) is 22.4. The molecule has 78 valence electrons. The van der Waals surface area contributed by atoms with Crippen molar-refractivity contribution in [3.8, 4) is 11.9 Å². The molecule has 0 fully saturated rings. The predicted molar refractivity (Wildman–Crippen MR) is 51.9 cm³/mol. The molecule has 0 radical (unpaired) electrons. The number of hydrogen-bond donors (Lipinski definition) is 2. The van der Waals surface area contributed by atoms with Gasteiger partial charge in [-0.2, -0.15) is 9.97 Å². The maximum Gasteiger partial charge on any atom is 0.318 e. The van der Waals surface area contributed by atoms with Crippen LogP contribution in [-0.4, -0.2) is 33.1 Å². The molecule has 0 aliphatic rings. The molecule has 1 amide bonds. The van der Waals surface area contributed by atoms with Crippen molar-refractivity contribution < 1.29 is 14.6 Å². The minimum atomic E-state index is -0.653. The van der Waals surface area contributed by atoms with E-state index in [0.29, 0.717) is 10.3 Å². The first-order valence-electron chi connectivity index (χ1n) is 3.83. The van der Waals surface area contributed by atoms with Crippen molar-refractivity contribution in [3.05, 3.63) is 5.01 Å². The molecular weight excluding hydrogens is 220 g/mol. The van der Waals surface area contributed by atoms with E-state index in [1.54, 1.807) is 0 Å². The number of primary amides is 1. The number of aromatic nitrogens is 3. The van der Waals surface area contributed by atoms with Crippen LogP contribution in [0.5, 0.6) is 11.9 Å². The van der Waals surface area contributed by atoms with Crippen molar-refractivity contribution in [2.75, 3.05) is 7.11 Å². The van der Waals surface area contributed by atoms with E-state index in [4.69, 9.17) is 15.6 Å². The van der Waals surface area contributed by atoms with Gasteiger partial charge in [0.05, 0.1) is 7.11 Å². The third-order valence-electron chi connectivity index (χ3n) is 1.62. The lowest BCUT2D eigenvalue weighted by molar-refractivity contribution is 0.1000. The monoisotopic (exact) mass is 226 g/mol. The first-order valence-corrected chi connectivity index (χ1v) is 4.65. The molecule has 0 spiro atoms. The molecule has 2 aromatic rings. The number of nitrogens with two attached hydrogens (primary N) is 1. The molecule has 0 saturated carbocycles. The minimum absolute atomic E-state index is 0.100. The summed E-state index contributed by atoms with van der Waals surface area (Å²) in [7, 11) is 1.38. The van der Waals surface area contributed by atoms with Crippen molar-refractivity contribution >= 4 is 27.6 Å². The van der Waals surface area contributed by atoms with Crippen LogP contribution >= 0.6 is 11.3 Å². The molecule has 0 bridgehead atoms. The highest BCUT2D eigenvalue weighted by atomic mass is 32.1. The Kier molecular flexibility index (Phi) is 2.12. The quantitative estimate of drug-likeness (QED) is 0.739. The van der Waals surface area contributed by atoms with Crippen LogP contribution in [0.1, 0.15) is 9.80 Å². The van der Waals surface area contributed by atoms with E-state index >= 15 is 0 Å². The molecule has 15 heavy (non-hydrogen) atoms. The lowest BCUT2D eigenvalue weighted by Crippen LogP contribution is -2.09. The highest BCUT2D eigenvalue weighted by Crippen LogP contribution is 2.27. The van der Waals surface area contributed by atoms with E-state index in [1.165, 1.54) is 7.11 Å². The Morgan fingerprint density at radius 3 is 2.80 bits per heavy atom. The van der Waals surface area contributed by atoms with Gasteiger partial charge in [0.2, 0.25) is 5.88 Å². The summed E-state index contributed by atoms with van der Waals surface area (Å²) in [6, 6.07) is -0.431. The van der Waals surface area contributed by atoms with Gasteiger partial charge in [-0.15, -0.1) is 0 Å². The molecule has 2 aromatic heterocycles. The summed E-state index contributed by atoms with van der Waals surface area (Å²) >= 11 is 0.972. The number of aromatic hydroxyl groups is 1. The molecule has 0 aliphatic carbocycles. The Bertz CT molecular complexity index is 538. The van der Waals surface area contributed by atoms with E-state index in [2.05, 4.69) is 15.0 Å². The fraction of sp³-hybridized carbons (Fsp3) is 0.143. The number of fused-ring (bicyclic) bond motifs is 1. The zero-order valence-corrected chi connectivity index (χ0v) is 8.41. The van der Waals surface area contributed by atoms with Gasteiger partial charge in [-0.1, -0.05) is 11.3 Å². The van der Waals surface area contributed by atoms with Crippen molar-refractivity contribution in [1.82, 2.24) is 15.0 Å². The zero-order chi connectivity index (χ0) is 11.0. The normalized spacial score (nSPS) is 10.5. The van der Waals surface area contributed by atoms with Crippen LogP contribution < -0.4 is 10.5 Å². The average molecular weight is 226 g/mol. The van der Waals surface area contributed by atoms with Crippen LogP contribution in [0.4, 0.5) is 0 Å². The second kappa shape index (κ2) is 3.31. The number of hydrogen-bond acceptors (Lipinski definition) is 7. The third kappa shape index (κ3) is 1.54. The number of carbonyl (C=O) groups excluding carboxylic acids is 1. The highest BCUT2D eigenvalue weighted by Gasteiger charge is 2.15. The molecule has 0 atom stereocenters. The van der Waals surface area contributed by atoms with Crippen LogP contribution in [-0.2, 0) is 0 Å². The number of nitrogens with zero attached hydrogens (tertiary/aromatic N) is 3. The average Bonchev–Trinajstić information content (AvgIpc) is 2.59. The number of thiazole rings is 1. The third-order valence-corrected chi connectivity index (χ3v) is 2.58. The Balaban J connectivity index is 2.74. The molecule has 0 aromatic carbocycles. The van der Waals surface area contributed by atoms with Crippen LogP contribution in [0.15, 0.2) is 0 Å². The Hall–Kier alpha value is -1.96. The molecule has 8 heteroatoms. The maximum atomic E-state index is 10.9. The summed E-state index contributed by atoms with van der Waals surface area (Å²) in [5.74, 6) is -0.541. The van der Waals surface area contributed by atoms with E-state index < -0.39 is 11.9 Å². The second-order valence-corrected chi connectivity index (χ2v) is 3.55. The highest BCUT2D eigenvalue weighted by molar-refractivity contribution is 7.19. The van der Waals surface area contributed by atoms with Gasteiger partial charge in [0.25, 0.3) is 5.91 Å². The fourth-order valence-corrected chi connectivity index (χ4v) is 1.81. The minimum Gasteiger partial charge on any atom is -0.479 e. The number of ether oxygens (including phenoxy) is 1. The van der Waals surface area contributed by atoms with Crippen LogP contribution in [0.25, 0.3) is 10.3 Å². The summed E-state index contributed by atoms with van der Waals surface area (Å²) in [5, 5.41) is 9.25. The topological polar surface area (TPSA) is 111 Å². The van der Waals surface area contributed by atoms with Gasteiger partial charge in [0.15, 0.2) is 15.4 Å². The molecule has 0 unspecified atom stereocenters. The summed E-state index contributed by atoms with van der Waals surface area (Å²) in [6.45, 7) is 0. The molecule has 2 rings (SSSR count). The molecule has 0 saturated heterocycles. The lowest BCUT2D eigenvalue weighted by atomic mass is 10.5. The molecule has 7 nitrogen and oxygen atoms in total. The van der Waals surface area contributed by atoms with Gasteiger partial charge in [-0.3, -0.25) is 4.79 Å². The number of methoxy groups -OCH3 is 1. The fourth-order valence-electron chi connectivity index (χ4n) is 1.03. The standard InChI is InChI=1S/C7H6N4O3S/c1-14-4-2-5(11-7(13)10-4)15-6(9-2)3(8)12/h1H3,(H2,8,12)(H,10,11,13). The van der Waals surface area contributed by atoms with Crippen molar-refractivity contribution in [2.24, 2.45) is 5.73 Å². The van der Waals surface area contributed by atoms with Crippen LogP contribution in [0, 0.1) is 0 Å². The van der Waals surface area contributed by atoms with Gasteiger partial charge in [-0.05, 0) is 0 Å². The Labute approximate surface area is 87.6 Å². The summed E-state index contributed by atoms with van der Waals surface area (Å²) in [6.07, 6.45) is 0. The first kappa shape index (κ1) is 9.59. The van der Waals surface area contributed by atoms with E-state index in [1.807, 2.05) is 0 Å². The van der Waals surface area contributed by atoms with Gasteiger partial charge < -0.3 is 15.6 Å².